The standard InChI is InChI=1S/C16H14ClN3O2/c1-22-14-4-2-3-11(7-14)9-18-16(21)15-8-13-6-5-12(17)10-20(13)19-15/h2-8,10H,9H2,1H3,(H,18,21). The summed E-state index contributed by atoms with van der Waals surface area (Å²) < 4.78 is 6.74. The third-order valence-corrected chi connectivity index (χ3v) is 3.47. The second-order valence-corrected chi connectivity index (χ2v) is 5.22. The Hall–Kier alpha value is -2.53. The van der Waals surface area contributed by atoms with Crippen molar-refractivity contribution in [1.29, 1.82) is 0 Å². The van der Waals surface area contributed by atoms with Crippen molar-refractivity contribution in [1.82, 2.24) is 14.9 Å². The molecule has 2 heterocycles. The Morgan fingerprint density at radius 1 is 1.32 bits per heavy atom. The first-order chi connectivity index (χ1) is 10.7. The number of nitrogens with zero attached hydrogens (tertiary/aromatic N) is 2. The molecule has 0 fully saturated rings. The molecule has 1 aromatic carbocycles. The van der Waals surface area contributed by atoms with Gasteiger partial charge < -0.3 is 10.1 Å². The molecule has 1 N–H and O–H groups in total. The first kappa shape index (κ1) is 14.4. The Bertz CT molecular complexity index is 829. The molecule has 0 unspecified atom stereocenters. The van der Waals surface area contributed by atoms with Gasteiger partial charge in [-0.15, -0.1) is 0 Å². The van der Waals surface area contributed by atoms with Gasteiger partial charge in [0.1, 0.15) is 5.75 Å². The van der Waals surface area contributed by atoms with Gasteiger partial charge in [-0.3, -0.25) is 4.79 Å². The molecule has 22 heavy (non-hydrogen) atoms. The molecule has 0 aliphatic heterocycles. The van der Waals surface area contributed by atoms with Gasteiger partial charge in [0.25, 0.3) is 5.91 Å². The highest BCUT2D eigenvalue weighted by atomic mass is 35.5. The zero-order chi connectivity index (χ0) is 15.5. The number of methoxy groups -OCH3 is 1. The fourth-order valence-corrected chi connectivity index (χ4v) is 2.28. The monoisotopic (exact) mass is 315 g/mol. The first-order valence-corrected chi connectivity index (χ1v) is 7.09. The largest absolute Gasteiger partial charge is 0.497 e. The normalized spacial score (nSPS) is 10.6. The van der Waals surface area contributed by atoms with Gasteiger partial charge in [-0.05, 0) is 35.9 Å². The van der Waals surface area contributed by atoms with Crippen LogP contribution in [0.15, 0.2) is 48.7 Å². The van der Waals surface area contributed by atoms with Crippen LogP contribution in [0.1, 0.15) is 16.1 Å². The van der Waals surface area contributed by atoms with Crippen LogP contribution in [0.3, 0.4) is 0 Å². The highest BCUT2D eigenvalue weighted by Crippen LogP contribution is 2.14. The van der Waals surface area contributed by atoms with Crippen molar-refractivity contribution in [2.75, 3.05) is 7.11 Å². The summed E-state index contributed by atoms with van der Waals surface area (Å²) in [5.74, 6) is 0.525. The van der Waals surface area contributed by atoms with E-state index < -0.39 is 0 Å². The second-order valence-electron chi connectivity index (χ2n) is 4.78. The minimum Gasteiger partial charge on any atom is -0.497 e. The molecule has 3 rings (SSSR count). The molecular formula is C16H14ClN3O2. The van der Waals surface area contributed by atoms with E-state index in [2.05, 4.69) is 10.4 Å². The van der Waals surface area contributed by atoms with Crippen LogP contribution in [0.4, 0.5) is 0 Å². The van der Waals surface area contributed by atoms with Gasteiger partial charge in [0.15, 0.2) is 5.69 Å². The maximum Gasteiger partial charge on any atom is 0.272 e. The Labute approximate surface area is 132 Å². The molecule has 0 aliphatic carbocycles. The van der Waals surface area contributed by atoms with Crippen LogP contribution in [0, 0.1) is 0 Å². The van der Waals surface area contributed by atoms with E-state index in [1.54, 1.807) is 30.0 Å². The van der Waals surface area contributed by atoms with Crippen molar-refractivity contribution in [3.05, 3.63) is 64.9 Å². The number of carbonyl (C=O) groups excluding carboxylic acids is 1. The zero-order valence-corrected chi connectivity index (χ0v) is 12.7. The van der Waals surface area contributed by atoms with Crippen molar-refractivity contribution in [2.45, 2.75) is 6.54 Å². The number of hydrogen-bond acceptors (Lipinski definition) is 3. The lowest BCUT2D eigenvalue weighted by molar-refractivity contribution is 0.0945. The summed E-state index contributed by atoms with van der Waals surface area (Å²) >= 11 is 5.90. The van der Waals surface area contributed by atoms with E-state index in [9.17, 15) is 4.79 Å². The number of aromatic nitrogens is 2. The van der Waals surface area contributed by atoms with Crippen LogP contribution < -0.4 is 10.1 Å². The molecule has 0 spiro atoms. The third kappa shape index (κ3) is 3.04. The Kier molecular flexibility index (Phi) is 3.98. The molecule has 2 aromatic heterocycles. The molecule has 1 amide bonds. The van der Waals surface area contributed by atoms with Gasteiger partial charge in [0, 0.05) is 12.7 Å². The lowest BCUT2D eigenvalue weighted by Crippen LogP contribution is -2.23. The van der Waals surface area contributed by atoms with Gasteiger partial charge in [-0.25, -0.2) is 4.52 Å². The second kappa shape index (κ2) is 6.07. The van der Waals surface area contributed by atoms with E-state index in [0.717, 1.165) is 16.8 Å². The van der Waals surface area contributed by atoms with E-state index in [0.29, 0.717) is 17.3 Å². The molecule has 3 aromatic rings. The van der Waals surface area contributed by atoms with Gasteiger partial charge >= 0.3 is 0 Å². The third-order valence-electron chi connectivity index (χ3n) is 3.24. The van der Waals surface area contributed by atoms with Gasteiger partial charge in [0.2, 0.25) is 0 Å². The number of benzene rings is 1. The Morgan fingerprint density at radius 2 is 2.18 bits per heavy atom. The topological polar surface area (TPSA) is 55.6 Å². The summed E-state index contributed by atoms with van der Waals surface area (Å²) in [4.78, 5) is 12.2. The van der Waals surface area contributed by atoms with Crippen molar-refractivity contribution in [2.24, 2.45) is 0 Å². The number of ether oxygens (including phenoxy) is 1. The highest BCUT2D eigenvalue weighted by Gasteiger charge is 2.10. The molecule has 0 saturated heterocycles. The minimum absolute atomic E-state index is 0.234. The number of amides is 1. The van der Waals surface area contributed by atoms with Gasteiger partial charge in [-0.1, -0.05) is 23.7 Å². The Morgan fingerprint density at radius 3 is 3.00 bits per heavy atom. The number of nitrogens with one attached hydrogen (secondary N) is 1. The van der Waals surface area contributed by atoms with Crippen LogP contribution in [0.25, 0.3) is 5.52 Å². The van der Waals surface area contributed by atoms with Crippen molar-refractivity contribution in [3.63, 3.8) is 0 Å². The summed E-state index contributed by atoms with van der Waals surface area (Å²) in [7, 11) is 1.61. The predicted octanol–water partition coefficient (Wildman–Crippen LogP) is 2.93. The number of carbonyl (C=O) groups is 1. The molecule has 0 atom stereocenters. The van der Waals surface area contributed by atoms with Gasteiger partial charge in [-0.2, -0.15) is 5.10 Å². The number of fused-ring (bicyclic) bond motifs is 1. The van der Waals surface area contributed by atoms with Crippen LogP contribution in [0.5, 0.6) is 5.75 Å². The van der Waals surface area contributed by atoms with E-state index in [1.807, 2.05) is 30.3 Å². The summed E-state index contributed by atoms with van der Waals surface area (Å²) in [6, 6.07) is 12.8. The molecule has 6 heteroatoms. The maximum atomic E-state index is 12.2. The van der Waals surface area contributed by atoms with E-state index >= 15 is 0 Å². The van der Waals surface area contributed by atoms with E-state index in [4.69, 9.17) is 16.3 Å². The Balaban J connectivity index is 1.72. The average molecular weight is 316 g/mol. The van der Waals surface area contributed by atoms with E-state index in [-0.39, 0.29) is 5.91 Å². The number of pyridine rings is 1. The molecule has 5 nitrogen and oxygen atoms in total. The summed E-state index contributed by atoms with van der Waals surface area (Å²) in [6.45, 7) is 0.407. The number of halogens is 1. The van der Waals surface area contributed by atoms with Crippen molar-refractivity contribution >= 4 is 23.0 Å². The maximum absolute atomic E-state index is 12.2. The molecule has 0 saturated carbocycles. The van der Waals surface area contributed by atoms with Crippen molar-refractivity contribution < 1.29 is 9.53 Å². The highest BCUT2D eigenvalue weighted by molar-refractivity contribution is 6.30. The van der Waals surface area contributed by atoms with Gasteiger partial charge in [0.05, 0.1) is 17.6 Å². The SMILES string of the molecule is COc1cccc(CNC(=O)c2cc3ccc(Cl)cn3n2)c1. The summed E-state index contributed by atoms with van der Waals surface area (Å²) in [5.41, 5.74) is 2.13. The molecule has 0 aliphatic rings. The van der Waals surface area contributed by atoms with Crippen LogP contribution in [-0.4, -0.2) is 22.6 Å². The van der Waals surface area contributed by atoms with E-state index in [1.165, 1.54) is 0 Å². The van der Waals surface area contributed by atoms with Crippen LogP contribution in [0.2, 0.25) is 5.02 Å². The minimum atomic E-state index is -0.234. The number of hydrogen-bond donors (Lipinski definition) is 1. The summed E-state index contributed by atoms with van der Waals surface area (Å²) in [5, 5.41) is 7.62. The fourth-order valence-electron chi connectivity index (χ4n) is 2.13. The van der Waals surface area contributed by atoms with Crippen molar-refractivity contribution in [3.8, 4) is 5.75 Å². The molecule has 112 valence electrons. The van der Waals surface area contributed by atoms with Crippen LogP contribution >= 0.6 is 11.6 Å². The molecular weight excluding hydrogens is 302 g/mol. The molecule has 0 bridgehead atoms. The first-order valence-electron chi connectivity index (χ1n) is 6.72. The smallest absolute Gasteiger partial charge is 0.272 e. The lowest BCUT2D eigenvalue weighted by atomic mass is 10.2. The lowest BCUT2D eigenvalue weighted by Gasteiger charge is -2.05. The fraction of sp³-hybridized carbons (Fsp3) is 0.125. The number of rotatable bonds is 4. The van der Waals surface area contributed by atoms with Crippen LogP contribution in [-0.2, 0) is 6.54 Å². The predicted molar refractivity (Wildman–Crippen MR) is 84.4 cm³/mol. The summed E-state index contributed by atoms with van der Waals surface area (Å²) in [6.07, 6.45) is 1.66. The zero-order valence-electron chi connectivity index (χ0n) is 11.9. The quantitative estimate of drug-likeness (QED) is 0.805. The molecule has 0 radical (unpaired) electrons. The average Bonchev–Trinajstić information content (AvgIpc) is 2.96.